The molecule has 0 saturated carbocycles. The number of carbonyl (C=O) groups is 1. The number of rotatable bonds is 11. The molecule has 0 atom stereocenters. The summed E-state index contributed by atoms with van der Waals surface area (Å²) >= 11 is 2.83. The fourth-order valence-electron chi connectivity index (χ4n) is 2.10. The monoisotopic (exact) mass is 380 g/mol. The van der Waals surface area contributed by atoms with Crippen LogP contribution in [0.2, 0.25) is 0 Å². The highest BCUT2D eigenvalue weighted by atomic mass is 32.2. The topological polar surface area (TPSA) is 76.1 Å². The number of methoxy groups -OCH3 is 1. The maximum Gasteiger partial charge on any atom is 0.230 e. The zero-order chi connectivity index (χ0) is 17.9. The van der Waals surface area contributed by atoms with Gasteiger partial charge < -0.3 is 15.4 Å². The number of anilines is 2. The van der Waals surface area contributed by atoms with E-state index in [4.69, 9.17) is 4.74 Å². The molecular formula is C17H24N4O2S2. The minimum Gasteiger partial charge on any atom is -0.497 e. The molecule has 0 radical (unpaired) electrons. The first kappa shape index (κ1) is 19.5. The van der Waals surface area contributed by atoms with Crippen LogP contribution in [0.1, 0.15) is 32.6 Å². The Kier molecular flexibility index (Phi) is 8.54. The van der Waals surface area contributed by atoms with Gasteiger partial charge in [-0.05, 0) is 18.6 Å². The number of unbranched alkanes of at least 4 members (excludes halogenated alkanes) is 3. The summed E-state index contributed by atoms with van der Waals surface area (Å²) in [5.74, 6) is 1.18. The summed E-state index contributed by atoms with van der Waals surface area (Å²) < 4.78 is 5.97. The Morgan fingerprint density at radius 2 is 2.16 bits per heavy atom. The Balaban J connectivity index is 1.72. The molecule has 6 nitrogen and oxygen atoms in total. The summed E-state index contributed by atoms with van der Waals surface area (Å²) in [7, 11) is 1.63. The summed E-state index contributed by atoms with van der Waals surface area (Å²) in [6, 6.07) is 7.61. The standard InChI is InChI=1S/C17H24N4O2S2/c1-3-4-5-6-10-18-15(22)12-24-17-21-20-16(25-17)19-13-8-7-9-14(11-13)23-2/h7-9,11H,3-6,10,12H2,1-2H3,(H,18,22)(H,19,20). The second-order valence-corrected chi connectivity index (χ2v) is 7.63. The second-order valence-electron chi connectivity index (χ2n) is 5.43. The lowest BCUT2D eigenvalue weighted by molar-refractivity contribution is -0.118. The summed E-state index contributed by atoms with van der Waals surface area (Å²) in [6.45, 7) is 2.92. The van der Waals surface area contributed by atoms with E-state index in [1.54, 1.807) is 7.11 Å². The number of hydrogen-bond donors (Lipinski definition) is 2. The number of carbonyl (C=O) groups excluding carboxylic acids is 1. The van der Waals surface area contributed by atoms with E-state index in [-0.39, 0.29) is 5.91 Å². The van der Waals surface area contributed by atoms with E-state index >= 15 is 0 Å². The van der Waals surface area contributed by atoms with Crippen molar-refractivity contribution in [2.24, 2.45) is 0 Å². The van der Waals surface area contributed by atoms with Gasteiger partial charge >= 0.3 is 0 Å². The van der Waals surface area contributed by atoms with Crippen LogP contribution >= 0.6 is 23.1 Å². The van der Waals surface area contributed by atoms with E-state index in [0.717, 1.165) is 28.7 Å². The SMILES string of the molecule is CCCCCCNC(=O)CSc1nnc(Nc2cccc(OC)c2)s1. The van der Waals surface area contributed by atoms with Crippen molar-refractivity contribution in [3.05, 3.63) is 24.3 Å². The molecule has 0 bridgehead atoms. The minimum atomic E-state index is 0.0407. The van der Waals surface area contributed by atoms with Crippen molar-refractivity contribution in [1.82, 2.24) is 15.5 Å². The molecule has 0 spiro atoms. The zero-order valence-electron chi connectivity index (χ0n) is 14.6. The Bertz CT molecular complexity index is 664. The van der Waals surface area contributed by atoms with Gasteiger partial charge in [-0.1, -0.05) is 55.4 Å². The summed E-state index contributed by atoms with van der Waals surface area (Å²) in [5.41, 5.74) is 0.886. The van der Waals surface area contributed by atoms with E-state index in [1.807, 2.05) is 24.3 Å². The van der Waals surface area contributed by atoms with Gasteiger partial charge in [0, 0.05) is 18.3 Å². The van der Waals surface area contributed by atoms with Crippen LogP contribution in [0.3, 0.4) is 0 Å². The number of ether oxygens (including phenoxy) is 1. The van der Waals surface area contributed by atoms with Crippen LogP contribution in [-0.4, -0.2) is 35.5 Å². The van der Waals surface area contributed by atoms with Crippen molar-refractivity contribution in [2.75, 3.05) is 24.7 Å². The first-order chi connectivity index (χ1) is 12.2. The van der Waals surface area contributed by atoms with E-state index in [2.05, 4.69) is 27.8 Å². The van der Waals surface area contributed by atoms with Crippen LogP contribution in [0, 0.1) is 0 Å². The van der Waals surface area contributed by atoms with E-state index in [9.17, 15) is 4.79 Å². The van der Waals surface area contributed by atoms with Crippen LogP contribution in [0.15, 0.2) is 28.6 Å². The second kappa shape index (κ2) is 10.9. The number of thioether (sulfide) groups is 1. The Morgan fingerprint density at radius 1 is 1.28 bits per heavy atom. The largest absolute Gasteiger partial charge is 0.497 e. The average Bonchev–Trinajstić information content (AvgIpc) is 3.07. The highest BCUT2D eigenvalue weighted by Crippen LogP contribution is 2.28. The maximum atomic E-state index is 11.8. The maximum absolute atomic E-state index is 11.8. The lowest BCUT2D eigenvalue weighted by atomic mass is 10.2. The average molecular weight is 381 g/mol. The predicted octanol–water partition coefficient (Wildman–Crippen LogP) is 4.08. The number of amides is 1. The zero-order valence-corrected chi connectivity index (χ0v) is 16.2. The highest BCUT2D eigenvalue weighted by molar-refractivity contribution is 8.01. The van der Waals surface area contributed by atoms with Crippen LogP contribution < -0.4 is 15.4 Å². The molecule has 2 rings (SSSR count). The van der Waals surface area contributed by atoms with Crippen molar-refractivity contribution in [3.8, 4) is 5.75 Å². The van der Waals surface area contributed by atoms with Crippen molar-refractivity contribution in [1.29, 1.82) is 0 Å². The van der Waals surface area contributed by atoms with Gasteiger partial charge in [-0.25, -0.2) is 0 Å². The molecule has 1 aromatic carbocycles. The van der Waals surface area contributed by atoms with Crippen LogP contribution in [0.25, 0.3) is 0 Å². The highest BCUT2D eigenvalue weighted by Gasteiger charge is 2.08. The van der Waals surface area contributed by atoms with E-state index in [1.165, 1.54) is 42.4 Å². The molecule has 0 saturated heterocycles. The molecule has 2 aromatic rings. The van der Waals surface area contributed by atoms with E-state index < -0.39 is 0 Å². The Labute approximate surface area is 156 Å². The van der Waals surface area contributed by atoms with Crippen molar-refractivity contribution in [2.45, 2.75) is 36.9 Å². The molecule has 0 unspecified atom stereocenters. The summed E-state index contributed by atoms with van der Waals surface area (Å²) in [4.78, 5) is 11.8. The molecule has 0 fully saturated rings. The first-order valence-corrected chi connectivity index (χ1v) is 10.2. The van der Waals surface area contributed by atoms with Crippen LogP contribution in [0.5, 0.6) is 5.75 Å². The van der Waals surface area contributed by atoms with Gasteiger partial charge in [0.05, 0.1) is 12.9 Å². The third-order valence-corrected chi connectivity index (χ3v) is 5.38. The normalized spacial score (nSPS) is 10.5. The van der Waals surface area contributed by atoms with Gasteiger partial charge in [0.2, 0.25) is 11.0 Å². The van der Waals surface area contributed by atoms with E-state index in [0.29, 0.717) is 10.9 Å². The number of benzene rings is 1. The molecule has 1 amide bonds. The number of nitrogens with one attached hydrogen (secondary N) is 2. The smallest absolute Gasteiger partial charge is 0.230 e. The summed E-state index contributed by atoms with van der Waals surface area (Å²) in [5, 5.41) is 15.0. The van der Waals surface area contributed by atoms with Gasteiger partial charge in [0.15, 0.2) is 4.34 Å². The third-order valence-electron chi connectivity index (χ3n) is 3.41. The van der Waals surface area contributed by atoms with Crippen LogP contribution in [-0.2, 0) is 4.79 Å². The van der Waals surface area contributed by atoms with Gasteiger partial charge in [-0.15, -0.1) is 10.2 Å². The fraction of sp³-hybridized carbons (Fsp3) is 0.471. The molecular weight excluding hydrogens is 356 g/mol. The Hall–Kier alpha value is -1.80. The molecule has 2 N–H and O–H groups in total. The molecule has 1 heterocycles. The van der Waals surface area contributed by atoms with Crippen molar-refractivity contribution >= 4 is 39.8 Å². The molecule has 1 aromatic heterocycles. The Morgan fingerprint density at radius 3 is 2.96 bits per heavy atom. The van der Waals surface area contributed by atoms with Gasteiger partial charge in [-0.2, -0.15) is 0 Å². The number of hydrogen-bond acceptors (Lipinski definition) is 7. The van der Waals surface area contributed by atoms with Crippen molar-refractivity contribution < 1.29 is 9.53 Å². The molecule has 0 aliphatic carbocycles. The van der Waals surface area contributed by atoms with Crippen LogP contribution in [0.4, 0.5) is 10.8 Å². The molecule has 25 heavy (non-hydrogen) atoms. The lowest BCUT2D eigenvalue weighted by Crippen LogP contribution is -2.26. The molecule has 8 heteroatoms. The fourth-order valence-corrected chi connectivity index (χ4v) is 3.70. The number of nitrogens with zero attached hydrogens (tertiary/aromatic N) is 2. The quantitative estimate of drug-likeness (QED) is 0.452. The molecule has 0 aliphatic heterocycles. The minimum absolute atomic E-state index is 0.0407. The lowest BCUT2D eigenvalue weighted by Gasteiger charge is -2.04. The predicted molar refractivity (Wildman–Crippen MR) is 104 cm³/mol. The van der Waals surface area contributed by atoms with Crippen molar-refractivity contribution in [3.63, 3.8) is 0 Å². The summed E-state index contributed by atoms with van der Waals surface area (Å²) in [6.07, 6.45) is 4.63. The molecule has 136 valence electrons. The molecule has 0 aliphatic rings. The number of aromatic nitrogens is 2. The van der Waals surface area contributed by atoms with Gasteiger partial charge in [0.25, 0.3) is 0 Å². The van der Waals surface area contributed by atoms with Gasteiger partial charge in [0.1, 0.15) is 5.75 Å². The third kappa shape index (κ3) is 7.31. The first-order valence-electron chi connectivity index (χ1n) is 8.35. The van der Waals surface area contributed by atoms with Gasteiger partial charge in [-0.3, -0.25) is 4.79 Å².